The molecular weight excluding hydrogens is 304 g/mol. The van der Waals surface area contributed by atoms with Gasteiger partial charge in [0.2, 0.25) is 5.89 Å². The minimum absolute atomic E-state index is 0.221. The van der Waals surface area contributed by atoms with Crippen molar-refractivity contribution < 1.29 is 9.21 Å². The molecule has 6 heteroatoms. The van der Waals surface area contributed by atoms with E-state index in [0.29, 0.717) is 17.3 Å². The first kappa shape index (κ1) is 16.0. The highest BCUT2D eigenvalue weighted by molar-refractivity contribution is 6.02. The van der Waals surface area contributed by atoms with Gasteiger partial charge in [0, 0.05) is 23.5 Å². The van der Waals surface area contributed by atoms with Gasteiger partial charge < -0.3 is 9.73 Å². The summed E-state index contributed by atoms with van der Waals surface area (Å²) in [6, 6.07) is 9.31. The number of carbonyl (C=O) groups excluding carboxylic acids is 1. The van der Waals surface area contributed by atoms with Crippen LogP contribution in [0.3, 0.4) is 0 Å². The zero-order chi connectivity index (χ0) is 17.3. The fourth-order valence-corrected chi connectivity index (χ4v) is 2.23. The molecule has 0 spiro atoms. The number of oxazole rings is 1. The van der Waals surface area contributed by atoms with E-state index in [1.807, 2.05) is 52.0 Å². The highest BCUT2D eigenvalue weighted by atomic mass is 16.4. The van der Waals surface area contributed by atoms with Crippen LogP contribution in [0.5, 0.6) is 0 Å². The zero-order valence-corrected chi connectivity index (χ0v) is 14.2. The Balaban J connectivity index is 1.72. The van der Waals surface area contributed by atoms with Crippen LogP contribution < -0.4 is 5.32 Å². The average molecular weight is 324 g/mol. The number of hydrogen-bond donors (Lipinski definition) is 1. The molecule has 3 aromatic rings. The summed E-state index contributed by atoms with van der Waals surface area (Å²) in [7, 11) is 0. The number of hydrogen-bond acceptors (Lipinski definition) is 4. The van der Waals surface area contributed by atoms with Crippen LogP contribution in [0.15, 0.2) is 40.9 Å². The van der Waals surface area contributed by atoms with Gasteiger partial charge in [-0.25, -0.2) is 4.98 Å². The van der Waals surface area contributed by atoms with Crippen molar-refractivity contribution in [2.45, 2.75) is 33.7 Å². The molecule has 0 atom stereocenters. The molecule has 0 saturated heterocycles. The molecule has 0 saturated carbocycles. The monoisotopic (exact) mass is 324 g/mol. The van der Waals surface area contributed by atoms with Crippen molar-refractivity contribution in [1.82, 2.24) is 14.8 Å². The molecule has 6 nitrogen and oxygen atoms in total. The Morgan fingerprint density at radius 2 is 1.88 bits per heavy atom. The fourth-order valence-electron chi connectivity index (χ4n) is 2.23. The summed E-state index contributed by atoms with van der Waals surface area (Å²) < 4.78 is 7.36. The van der Waals surface area contributed by atoms with Crippen LogP contribution in [0.25, 0.3) is 11.5 Å². The molecule has 24 heavy (non-hydrogen) atoms. The Labute approximate surface area is 140 Å². The van der Waals surface area contributed by atoms with Crippen molar-refractivity contribution in [3.05, 3.63) is 53.7 Å². The summed E-state index contributed by atoms with van der Waals surface area (Å²) in [5.41, 5.74) is 2.84. The second-order valence-corrected chi connectivity index (χ2v) is 5.97. The molecule has 1 aromatic carbocycles. The number of aryl methyl sites for hydroxylation is 2. The van der Waals surface area contributed by atoms with Crippen molar-refractivity contribution in [2.75, 3.05) is 5.32 Å². The Bertz CT molecular complexity index is 840. The summed E-state index contributed by atoms with van der Waals surface area (Å²) in [5.74, 6) is 1.16. The van der Waals surface area contributed by atoms with Crippen molar-refractivity contribution in [1.29, 1.82) is 0 Å². The maximum Gasteiger partial charge on any atom is 0.276 e. The molecule has 1 N–H and O–H groups in total. The van der Waals surface area contributed by atoms with Crippen molar-refractivity contribution in [2.24, 2.45) is 0 Å². The molecule has 2 aromatic heterocycles. The van der Waals surface area contributed by atoms with E-state index in [1.165, 1.54) is 0 Å². The number of benzene rings is 1. The normalized spacial score (nSPS) is 11.0. The summed E-state index contributed by atoms with van der Waals surface area (Å²) in [6.45, 7) is 7.82. The lowest BCUT2D eigenvalue weighted by Crippen LogP contribution is -2.13. The van der Waals surface area contributed by atoms with Gasteiger partial charge in [0.25, 0.3) is 5.91 Å². The van der Waals surface area contributed by atoms with Gasteiger partial charge in [0.1, 0.15) is 5.76 Å². The van der Waals surface area contributed by atoms with E-state index < -0.39 is 0 Å². The highest BCUT2D eigenvalue weighted by Crippen LogP contribution is 2.23. The molecule has 124 valence electrons. The fraction of sp³-hybridized carbons (Fsp3) is 0.278. The second-order valence-electron chi connectivity index (χ2n) is 5.97. The van der Waals surface area contributed by atoms with Crippen LogP contribution in [0.4, 0.5) is 5.69 Å². The van der Waals surface area contributed by atoms with E-state index in [1.54, 1.807) is 16.9 Å². The van der Waals surface area contributed by atoms with Crippen LogP contribution in [0, 0.1) is 13.8 Å². The van der Waals surface area contributed by atoms with Gasteiger partial charge in [0.05, 0.1) is 5.69 Å². The summed E-state index contributed by atoms with van der Waals surface area (Å²) in [6.07, 6.45) is 1.80. The lowest BCUT2D eigenvalue weighted by atomic mass is 10.2. The molecule has 0 aliphatic heterocycles. The van der Waals surface area contributed by atoms with Gasteiger partial charge in [-0.15, -0.1) is 0 Å². The lowest BCUT2D eigenvalue weighted by molar-refractivity contribution is 0.102. The largest absolute Gasteiger partial charge is 0.441 e. The molecule has 0 fully saturated rings. The molecule has 3 rings (SSSR count). The molecule has 0 aliphatic rings. The predicted molar refractivity (Wildman–Crippen MR) is 92.0 cm³/mol. The number of nitrogens with zero attached hydrogens (tertiary/aromatic N) is 3. The van der Waals surface area contributed by atoms with Crippen LogP contribution in [0.1, 0.15) is 41.8 Å². The van der Waals surface area contributed by atoms with Gasteiger partial charge in [-0.1, -0.05) is 0 Å². The lowest BCUT2D eigenvalue weighted by Gasteiger charge is -2.05. The maximum absolute atomic E-state index is 12.2. The van der Waals surface area contributed by atoms with E-state index in [9.17, 15) is 4.79 Å². The Morgan fingerprint density at radius 3 is 2.42 bits per heavy atom. The number of rotatable bonds is 4. The van der Waals surface area contributed by atoms with Crippen LogP contribution in [-0.4, -0.2) is 20.7 Å². The topological polar surface area (TPSA) is 73.0 Å². The smallest absolute Gasteiger partial charge is 0.276 e. The molecule has 1 amide bonds. The first-order chi connectivity index (χ1) is 11.4. The van der Waals surface area contributed by atoms with Crippen molar-refractivity contribution in [3.8, 4) is 11.5 Å². The second kappa shape index (κ2) is 6.31. The van der Waals surface area contributed by atoms with Gasteiger partial charge >= 0.3 is 0 Å². The summed E-state index contributed by atoms with van der Waals surface area (Å²) >= 11 is 0. The Hall–Kier alpha value is -2.89. The first-order valence-electron chi connectivity index (χ1n) is 7.85. The van der Waals surface area contributed by atoms with Gasteiger partial charge in [-0.3, -0.25) is 9.48 Å². The minimum Gasteiger partial charge on any atom is -0.441 e. The van der Waals surface area contributed by atoms with E-state index in [-0.39, 0.29) is 11.9 Å². The number of carbonyl (C=O) groups is 1. The first-order valence-corrected chi connectivity index (χ1v) is 7.85. The molecule has 0 radical (unpaired) electrons. The molecule has 0 aliphatic carbocycles. The van der Waals surface area contributed by atoms with Crippen LogP contribution in [-0.2, 0) is 0 Å². The van der Waals surface area contributed by atoms with Crippen LogP contribution in [0.2, 0.25) is 0 Å². The van der Waals surface area contributed by atoms with E-state index in [2.05, 4.69) is 15.4 Å². The standard InChI is InChI=1S/C18H20N4O2/c1-11(2)22-10-9-16(21-22)17(23)20-15-7-5-14(6-8-15)18-19-12(3)13(4)24-18/h5-11H,1-4H3,(H,20,23). The predicted octanol–water partition coefficient (Wildman–Crippen LogP) is 3.99. The van der Waals surface area contributed by atoms with Gasteiger partial charge in [-0.05, 0) is 58.0 Å². The Kier molecular flexibility index (Phi) is 4.20. The van der Waals surface area contributed by atoms with Gasteiger partial charge in [-0.2, -0.15) is 5.10 Å². The highest BCUT2D eigenvalue weighted by Gasteiger charge is 2.12. The third kappa shape index (κ3) is 3.22. The van der Waals surface area contributed by atoms with Crippen molar-refractivity contribution in [3.63, 3.8) is 0 Å². The molecular formula is C18H20N4O2. The number of nitrogens with one attached hydrogen (secondary N) is 1. The average Bonchev–Trinajstić information content (AvgIpc) is 3.16. The van der Waals surface area contributed by atoms with E-state index in [4.69, 9.17) is 4.42 Å². The Morgan fingerprint density at radius 1 is 1.17 bits per heavy atom. The molecule has 2 heterocycles. The summed E-state index contributed by atoms with van der Waals surface area (Å²) in [4.78, 5) is 16.6. The zero-order valence-electron chi connectivity index (χ0n) is 14.2. The summed E-state index contributed by atoms with van der Waals surface area (Å²) in [5, 5.41) is 7.10. The van der Waals surface area contributed by atoms with Gasteiger partial charge in [0.15, 0.2) is 5.69 Å². The van der Waals surface area contributed by atoms with Crippen molar-refractivity contribution >= 4 is 11.6 Å². The number of amides is 1. The maximum atomic E-state index is 12.2. The quantitative estimate of drug-likeness (QED) is 0.787. The molecule has 0 unspecified atom stereocenters. The number of anilines is 1. The molecule has 0 bridgehead atoms. The SMILES string of the molecule is Cc1nc(-c2ccc(NC(=O)c3ccn(C(C)C)n3)cc2)oc1C. The number of aromatic nitrogens is 3. The van der Waals surface area contributed by atoms with E-state index in [0.717, 1.165) is 17.0 Å². The third-order valence-electron chi connectivity index (χ3n) is 3.79. The van der Waals surface area contributed by atoms with Crippen LogP contribution >= 0.6 is 0 Å². The minimum atomic E-state index is -0.232. The third-order valence-corrected chi connectivity index (χ3v) is 3.79. The van der Waals surface area contributed by atoms with E-state index >= 15 is 0 Å².